The molecule has 0 unspecified atom stereocenters. The van der Waals surface area contributed by atoms with Crippen LogP contribution in [0.15, 0.2) is 79.4 Å². The number of benzene rings is 3. The van der Waals surface area contributed by atoms with Gasteiger partial charge in [-0.2, -0.15) is 0 Å². The van der Waals surface area contributed by atoms with E-state index >= 15 is 0 Å². The second-order valence-corrected chi connectivity index (χ2v) is 8.66. The van der Waals surface area contributed by atoms with Gasteiger partial charge in [0, 0.05) is 29.4 Å². The Morgan fingerprint density at radius 1 is 0.677 bits per heavy atom. The van der Waals surface area contributed by atoms with Crippen LogP contribution in [0.3, 0.4) is 0 Å². The lowest BCUT2D eigenvalue weighted by atomic mass is 9.96. The number of hydrogen-bond acceptors (Lipinski definition) is 2. The molecule has 0 aliphatic heterocycles. The van der Waals surface area contributed by atoms with E-state index in [1.807, 2.05) is 24.8 Å². The van der Waals surface area contributed by atoms with Crippen molar-refractivity contribution in [3.63, 3.8) is 0 Å². The van der Waals surface area contributed by atoms with Crippen LogP contribution in [0.25, 0.3) is 49.6 Å². The normalized spacial score (nSPS) is 13.5. The molecular formula is C28H17N3. The van der Waals surface area contributed by atoms with E-state index in [-0.39, 0.29) is 0 Å². The van der Waals surface area contributed by atoms with Crippen LogP contribution in [-0.4, -0.2) is 14.4 Å². The Balaban J connectivity index is 1.47. The molecule has 3 heteroatoms. The zero-order valence-electron chi connectivity index (χ0n) is 16.8. The highest BCUT2D eigenvalue weighted by Gasteiger charge is 2.29. The standard InChI is InChI=1S/C28H17N3/c1-2-4-17-16(3-1)13-23-18(17)5-6-19-20-7-8-22-27(25(20)14-24(19)23)21-9-10-29-15-26(21)31-12-11-30-28(22)31/h1-12,15H,13-14H2. The van der Waals surface area contributed by atoms with Crippen molar-refractivity contribution in [2.24, 2.45) is 0 Å². The van der Waals surface area contributed by atoms with Crippen LogP contribution < -0.4 is 0 Å². The molecule has 3 nitrogen and oxygen atoms in total. The van der Waals surface area contributed by atoms with Crippen LogP contribution in [-0.2, 0) is 12.8 Å². The lowest BCUT2D eigenvalue weighted by molar-refractivity contribution is 1.17. The predicted molar refractivity (Wildman–Crippen MR) is 124 cm³/mol. The molecule has 0 fully saturated rings. The molecule has 0 bridgehead atoms. The number of nitrogens with zero attached hydrogens (tertiary/aromatic N) is 3. The molecule has 0 saturated carbocycles. The second kappa shape index (κ2) is 5.38. The van der Waals surface area contributed by atoms with E-state index in [2.05, 4.69) is 64.0 Å². The zero-order valence-corrected chi connectivity index (χ0v) is 16.8. The molecule has 31 heavy (non-hydrogen) atoms. The van der Waals surface area contributed by atoms with Gasteiger partial charge in [-0.1, -0.05) is 42.5 Å². The van der Waals surface area contributed by atoms with E-state index in [1.165, 1.54) is 60.7 Å². The average Bonchev–Trinajstić information content (AvgIpc) is 3.53. The molecule has 2 aliphatic rings. The van der Waals surface area contributed by atoms with Crippen molar-refractivity contribution in [1.29, 1.82) is 0 Å². The van der Waals surface area contributed by atoms with Crippen molar-refractivity contribution in [3.05, 3.63) is 102 Å². The third-order valence-corrected chi connectivity index (χ3v) is 7.27. The highest BCUT2D eigenvalue weighted by atomic mass is 15.0. The summed E-state index contributed by atoms with van der Waals surface area (Å²) in [7, 11) is 0. The van der Waals surface area contributed by atoms with Gasteiger partial charge in [0.05, 0.1) is 11.7 Å². The van der Waals surface area contributed by atoms with Gasteiger partial charge in [0.25, 0.3) is 0 Å². The summed E-state index contributed by atoms with van der Waals surface area (Å²) in [4.78, 5) is 9.10. The number of hydrogen-bond donors (Lipinski definition) is 0. The highest BCUT2D eigenvalue weighted by molar-refractivity contribution is 6.15. The molecule has 3 aromatic heterocycles. The average molecular weight is 395 g/mol. The minimum atomic E-state index is 0.980. The number of fused-ring (bicyclic) bond motifs is 14. The van der Waals surface area contributed by atoms with Crippen molar-refractivity contribution in [2.75, 3.05) is 0 Å². The Morgan fingerprint density at radius 3 is 2.45 bits per heavy atom. The van der Waals surface area contributed by atoms with Gasteiger partial charge in [0.2, 0.25) is 0 Å². The summed E-state index contributed by atoms with van der Waals surface area (Å²) in [5.41, 5.74) is 13.6. The summed E-state index contributed by atoms with van der Waals surface area (Å²) < 4.78 is 2.16. The predicted octanol–water partition coefficient (Wildman–Crippen LogP) is 6.18. The summed E-state index contributed by atoms with van der Waals surface area (Å²) in [6.07, 6.45) is 9.79. The molecule has 0 saturated heterocycles. The lowest BCUT2D eigenvalue weighted by Gasteiger charge is -2.12. The monoisotopic (exact) mass is 395 g/mol. The van der Waals surface area contributed by atoms with Gasteiger partial charge < -0.3 is 0 Å². The number of imidazole rings is 1. The molecule has 0 atom stereocenters. The fourth-order valence-corrected chi connectivity index (χ4v) is 5.97. The molecule has 0 radical (unpaired) electrons. The number of rotatable bonds is 0. The van der Waals surface area contributed by atoms with Gasteiger partial charge in [0.15, 0.2) is 0 Å². The first-order chi connectivity index (χ1) is 15.4. The molecule has 3 heterocycles. The maximum Gasteiger partial charge on any atom is 0.145 e. The lowest BCUT2D eigenvalue weighted by Crippen LogP contribution is -1.95. The maximum absolute atomic E-state index is 4.69. The van der Waals surface area contributed by atoms with Crippen LogP contribution >= 0.6 is 0 Å². The molecule has 8 rings (SSSR count). The summed E-state index contributed by atoms with van der Waals surface area (Å²) >= 11 is 0. The molecule has 6 aromatic rings. The molecule has 0 N–H and O–H groups in total. The Labute approximate surface area is 178 Å². The molecule has 3 aromatic carbocycles. The van der Waals surface area contributed by atoms with E-state index in [4.69, 9.17) is 4.98 Å². The summed E-state index contributed by atoms with van der Waals surface area (Å²) in [5.74, 6) is 0. The highest BCUT2D eigenvalue weighted by Crippen LogP contribution is 2.49. The van der Waals surface area contributed by atoms with Gasteiger partial charge in [-0.25, -0.2) is 4.98 Å². The van der Waals surface area contributed by atoms with Gasteiger partial charge in [-0.3, -0.25) is 9.38 Å². The van der Waals surface area contributed by atoms with Crippen molar-refractivity contribution in [1.82, 2.24) is 14.4 Å². The molecule has 0 spiro atoms. The van der Waals surface area contributed by atoms with E-state index in [0.29, 0.717) is 0 Å². The molecular weight excluding hydrogens is 378 g/mol. The molecule has 144 valence electrons. The first-order valence-electron chi connectivity index (χ1n) is 10.8. The SMILES string of the molecule is c1ccc2c(c1)Cc1c-2ccc2c1Cc1c-2ccc2c1c1ccncc1n1ccnc21. The van der Waals surface area contributed by atoms with E-state index < -0.39 is 0 Å². The van der Waals surface area contributed by atoms with Crippen LogP contribution in [0, 0.1) is 0 Å². The quantitative estimate of drug-likeness (QED) is 0.287. The van der Waals surface area contributed by atoms with E-state index in [9.17, 15) is 0 Å². The minimum absolute atomic E-state index is 0.980. The fourth-order valence-electron chi connectivity index (χ4n) is 5.97. The Kier molecular flexibility index (Phi) is 2.74. The largest absolute Gasteiger partial charge is 0.298 e. The van der Waals surface area contributed by atoms with Crippen LogP contribution in [0.4, 0.5) is 0 Å². The topological polar surface area (TPSA) is 30.2 Å². The third kappa shape index (κ3) is 1.85. The maximum atomic E-state index is 4.69. The summed E-state index contributed by atoms with van der Waals surface area (Å²) in [6, 6.07) is 20.2. The Morgan fingerprint density at radius 2 is 1.48 bits per heavy atom. The van der Waals surface area contributed by atoms with Crippen molar-refractivity contribution >= 4 is 27.3 Å². The van der Waals surface area contributed by atoms with Crippen molar-refractivity contribution < 1.29 is 0 Å². The van der Waals surface area contributed by atoms with Crippen molar-refractivity contribution in [2.45, 2.75) is 12.8 Å². The number of aromatic nitrogens is 3. The molecule has 2 aliphatic carbocycles. The first kappa shape index (κ1) is 15.8. The van der Waals surface area contributed by atoms with E-state index in [0.717, 1.165) is 24.0 Å². The third-order valence-electron chi connectivity index (χ3n) is 7.27. The van der Waals surface area contributed by atoms with Gasteiger partial charge in [0.1, 0.15) is 5.65 Å². The second-order valence-electron chi connectivity index (χ2n) is 8.66. The van der Waals surface area contributed by atoms with Crippen LogP contribution in [0.2, 0.25) is 0 Å². The fraction of sp³-hybridized carbons (Fsp3) is 0.0714. The summed E-state index contributed by atoms with van der Waals surface area (Å²) in [5, 5.41) is 3.80. The minimum Gasteiger partial charge on any atom is -0.298 e. The van der Waals surface area contributed by atoms with E-state index in [1.54, 1.807) is 0 Å². The van der Waals surface area contributed by atoms with Gasteiger partial charge in [-0.15, -0.1) is 0 Å². The van der Waals surface area contributed by atoms with Crippen LogP contribution in [0.1, 0.15) is 22.3 Å². The first-order valence-corrected chi connectivity index (χ1v) is 10.8. The smallest absolute Gasteiger partial charge is 0.145 e. The van der Waals surface area contributed by atoms with Gasteiger partial charge in [-0.05, 0) is 74.9 Å². The zero-order chi connectivity index (χ0) is 20.1. The van der Waals surface area contributed by atoms with Crippen LogP contribution in [0.5, 0.6) is 0 Å². The summed E-state index contributed by atoms with van der Waals surface area (Å²) in [6.45, 7) is 0. The Hall–Kier alpha value is -3.98. The Bertz CT molecular complexity index is 1740. The molecule has 0 amide bonds. The van der Waals surface area contributed by atoms with Gasteiger partial charge >= 0.3 is 0 Å². The number of pyridine rings is 2. The van der Waals surface area contributed by atoms with Crippen molar-refractivity contribution in [3.8, 4) is 22.3 Å².